The zero-order chi connectivity index (χ0) is 5.70. The van der Waals surface area contributed by atoms with Gasteiger partial charge in [0.15, 0.2) is 16.3 Å². The van der Waals surface area contributed by atoms with E-state index in [0.29, 0.717) is 5.75 Å². The monoisotopic (exact) mass is 134 g/mol. The first-order valence-electron chi connectivity index (χ1n) is 2.12. The van der Waals surface area contributed by atoms with Gasteiger partial charge in [0.1, 0.15) is 0 Å². The molecule has 4 heteroatoms. The Morgan fingerprint density at radius 1 is 1.71 bits per heavy atom. The predicted molar refractivity (Wildman–Crippen MR) is 30.4 cm³/mol. The first-order valence-corrected chi connectivity index (χ1v) is 4.37. The molecule has 0 heterocycles. The molecular weight excluding hydrogens is 127 g/mol. The van der Waals surface area contributed by atoms with Crippen molar-refractivity contribution in [2.75, 3.05) is 5.75 Å². The summed E-state index contributed by atoms with van der Waals surface area (Å²) < 4.78 is 19.5. The minimum atomic E-state index is -1.81. The van der Waals surface area contributed by atoms with E-state index in [-0.39, 0.29) is 0 Å². The van der Waals surface area contributed by atoms with Crippen LogP contribution in [0.4, 0.5) is 0 Å². The summed E-state index contributed by atoms with van der Waals surface area (Å²) in [5, 5.41) is 0.980. The Morgan fingerprint density at radius 3 is 2.43 bits per heavy atom. The van der Waals surface area contributed by atoms with Gasteiger partial charge in [-0.3, -0.25) is 4.21 Å². The normalized spacial score (nSPS) is 13.9. The van der Waals surface area contributed by atoms with Crippen LogP contribution in [0.1, 0.15) is 6.42 Å². The zero-order valence-corrected chi connectivity index (χ0v) is 6.28. The van der Waals surface area contributed by atoms with Gasteiger partial charge in [0.2, 0.25) is 0 Å². The third-order valence-corrected chi connectivity index (χ3v) is 1.68. The van der Waals surface area contributed by atoms with Crippen LogP contribution in [-0.4, -0.2) is 30.8 Å². The average molecular weight is 134 g/mol. The molecular formula is C3H7AlO2S-. The fraction of sp³-hybridized carbons (Fsp3) is 1.00. The Labute approximate surface area is 54.0 Å². The summed E-state index contributed by atoms with van der Waals surface area (Å²) in [6.45, 7) is 0. The summed E-state index contributed by atoms with van der Waals surface area (Å²) in [4.78, 5) is 0. The first kappa shape index (κ1) is 7.64. The van der Waals surface area contributed by atoms with Crippen LogP contribution in [0.5, 0.6) is 0 Å². The lowest BCUT2D eigenvalue weighted by atomic mass is 10.6. The van der Waals surface area contributed by atoms with E-state index in [1.807, 2.05) is 0 Å². The lowest BCUT2D eigenvalue weighted by Gasteiger charge is -2.00. The van der Waals surface area contributed by atoms with E-state index in [4.69, 9.17) is 0 Å². The zero-order valence-electron chi connectivity index (χ0n) is 4.05. The molecule has 0 N–H and O–H groups in total. The fourth-order valence-electron chi connectivity index (χ4n) is 0.220. The molecule has 0 aliphatic rings. The summed E-state index contributed by atoms with van der Waals surface area (Å²) in [6.07, 6.45) is 0.800. The van der Waals surface area contributed by atoms with Crippen LogP contribution in [-0.2, 0) is 11.1 Å². The summed E-state index contributed by atoms with van der Waals surface area (Å²) in [5.41, 5.74) is 0. The van der Waals surface area contributed by atoms with Crippen LogP contribution in [0.3, 0.4) is 0 Å². The second kappa shape index (κ2) is 4.79. The summed E-state index contributed by atoms with van der Waals surface area (Å²) >= 11 is -0.0147. The molecule has 2 nitrogen and oxygen atoms in total. The molecule has 1 unspecified atom stereocenters. The molecule has 0 spiro atoms. The van der Waals surface area contributed by atoms with Gasteiger partial charge in [-0.25, -0.2) is 0 Å². The van der Waals surface area contributed by atoms with Crippen molar-refractivity contribution in [2.45, 2.75) is 11.7 Å². The van der Waals surface area contributed by atoms with E-state index in [9.17, 15) is 8.76 Å². The molecule has 0 amide bonds. The molecule has 0 fully saturated rings. The minimum Gasteiger partial charge on any atom is -0.772 e. The van der Waals surface area contributed by atoms with Gasteiger partial charge in [0.25, 0.3) is 0 Å². The van der Waals surface area contributed by atoms with Crippen LogP contribution in [0, 0.1) is 0 Å². The second-order valence-corrected chi connectivity index (χ2v) is 2.94. The van der Waals surface area contributed by atoms with Crippen molar-refractivity contribution in [3.8, 4) is 0 Å². The molecule has 0 saturated carbocycles. The predicted octanol–water partition coefficient (Wildman–Crippen LogP) is -0.425. The SMILES string of the molecule is O=S([O-])CC[CH2][AlH]. The number of rotatable bonds is 3. The third-order valence-electron chi connectivity index (χ3n) is 0.561. The van der Waals surface area contributed by atoms with Gasteiger partial charge in [-0.05, 0) is 0 Å². The molecule has 0 aromatic carbocycles. The molecule has 0 rings (SSSR count). The second-order valence-electron chi connectivity index (χ2n) is 1.21. The first-order chi connectivity index (χ1) is 3.27. The maximum Gasteiger partial charge on any atom is 0.173 e. The summed E-state index contributed by atoms with van der Waals surface area (Å²) in [6, 6.07) is 0. The van der Waals surface area contributed by atoms with E-state index >= 15 is 0 Å². The molecule has 0 saturated heterocycles. The van der Waals surface area contributed by atoms with Crippen molar-refractivity contribution in [1.82, 2.24) is 0 Å². The highest BCUT2D eigenvalue weighted by Crippen LogP contribution is 1.84. The van der Waals surface area contributed by atoms with Crippen LogP contribution in [0.2, 0.25) is 5.28 Å². The van der Waals surface area contributed by atoms with Crippen LogP contribution in [0.25, 0.3) is 0 Å². The van der Waals surface area contributed by atoms with E-state index in [1.165, 1.54) is 0 Å². The molecule has 0 aromatic heterocycles. The van der Waals surface area contributed by atoms with Gasteiger partial charge in [-0.1, -0.05) is 17.5 Å². The van der Waals surface area contributed by atoms with Gasteiger partial charge in [0, 0.05) is 5.75 Å². The van der Waals surface area contributed by atoms with Gasteiger partial charge in [-0.15, -0.1) is 5.28 Å². The van der Waals surface area contributed by atoms with E-state index in [1.54, 1.807) is 16.3 Å². The molecule has 1 radical (unpaired) electrons. The molecule has 0 aliphatic carbocycles. The lowest BCUT2D eigenvalue weighted by Crippen LogP contribution is -1.93. The van der Waals surface area contributed by atoms with Crippen molar-refractivity contribution >= 4 is 27.4 Å². The Bertz CT molecular complexity index is 66.0. The highest BCUT2D eigenvalue weighted by molar-refractivity contribution is 7.79. The van der Waals surface area contributed by atoms with Gasteiger partial charge >= 0.3 is 0 Å². The molecule has 0 aromatic rings. The number of hydrogen-bond donors (Lipinski definition) is 0. The highest BCUT2D eigenvalue weighted by Gasteiger charge is 1.79. The minimum absolute atomic E-state index is 0.323. The molecule has 0 bridgehead atoms. The molecule has 41 valence electrons. The van der Waals surface area contributed by atoms with Crippen molar-refractivity contribution in [3.05, 3.63) is 0 Å². The standard InChI is InChI=1S/C3H7O2S.Al.H/c1-2-3-6(4)5;;/h1-3H2,(H,4,5);;/p-1. The molecule has 7 heavy (non-hydrogen) atoms. The van der Waals surface area contributed by atoms with Crippen molar-refractivity contribution in [2.24, 2.45) is 0 Å². The van der Waals surface area contributed by atoms with Gasteiger partial charge in [-0.2, -0.15) is 0 Å². The quantitative estimate of drug-likeness (QED) is 0.388. The summed E-state index contributed by atoms with van der Waals surface area (Å²) in [7, 11) is 0. The maximum atomic E-state index is 9.76. The highest BCUT2D eigenvalue weighted by atomic mass is 32.2. The van der Waals surface area contributed by atoms with Crippen molar-refractivity contribution in [1.29, 1.82) is 0 Å². The largest absolute Gasteiger partial charge is 0.772 e. The smallest absolute Gasteiger partial charge is 0.173 e. The lowest BCUT2D eigenvalue weighted by molar-refractivity contribution is 0.536. The fourth-order valence-corrected chi connectivity index (χ4v) is 1.27. The Hall–Kier alpha value is 0.642. The van der Waals surface area contributed by atoms with E-state index < -0.39 is 11.1 Å². The van der Waals surface area contributed by atoms with Crippen molar-refractivity contribution < 1.29 is 8.76 Å². The molecule has 1 atom stereocenters. The maximum absolute atomic E-state index is 9.76. The van der Waals surface area contributed by atoms with Crippen molar-refractivity contribution in [3.63, 3.8) is 0 Å². The Kier molecular flexibility index (Phi) is 5.23. The van der Waals surface area contributed by atoms with Crippen LogP contribution < -0.4 is 0 Å². The summed E-state index contributed by atoms with van der Waals surface area (Å²) in [5.74, 6) is 0.323. The average Bonchev–Trinajstić information content (AvgIpc) is 1.61. The number of hydrogen-bond acceptors (Lipinski definition) is 2. The van der Waals surface area contributed by atoms with E-state index in [0.717, 1.165) is 11.7 Å². The molecule has 0 aliphatic heterocycles. The van der Waals surface area contributed by atoms with E-state index in [2.05, 4.69) is 0 Å². The topological polar surface area (TPSA) is 40.1 Å². The van der Waals surface area contributed by atoms with Gasteiger partial charge in [0.05, 0.1) is 0 Å². The van der Waals surface area contributed by atoms with Gasteiger partial charge < -0.3 is 4.55 Å². The van der Waals surface area contributed by atoms with Crippen LogP contribution >= 0.6 is 0 Å². The third kappa shape index (κ3) is 6.64. The Morgan fingerprint density at radius 2 is 2.29 bits per heavy atom. The Balaban J connectivity index is 2.82. The van der Waals surface area contributed by atoms with Crippen LogP contribution in [0.15, 0.2) is 0 Å².